The average molecular weight is 211 g/mol. The van der Waals surface area contributed by atoms with Gasteiger partial charge in [0.2, 0.25) is 0 Å². The third-order valence-corrected chi connectivity index (χ3v) is 2.41. The fourth-order valence-electron chi connectivity index (χ4n) is 1.30. The van der Waals surface area contributed by atoms with Crippen LogP contribution in [0.5, 0.6) is 0 Å². The number of rotatable bonds is 5. The molecule has 0 aliphatic carbocycles. The van der Waals surface area contributed by atoms with E-state index in [1.54, 1.807) is 6.92 Å². The topological polar surface area (TPSA) is 12.0 Å². The molecule has 0 saturated carbocycles. The highest BCUT2D eigenvalue weighted by molar-refractivity contribution is 4.90. The van der Waals surface area contributed by atoms with Crippen molar-refractivity contribution in [2.45, 2.75) is 52.3 Å². The van der Waals surface area contributed by atoms with Crippen LogP contribution in [0.2, 0.25) is 0 Å². The molecule has 1 unspecified atom stereocenters. The van der Waals surface area contributed by atoms with Crippen molar-refractivity contribution in [2.24, 2.45) is 5.92 Å². The van der Waals surface area contributed by atoms with Gasteiger partial charge in [0.05, 0.1) is 0 Å². The Bertz CT molecular complexity index is 165. The standard InChI is InChI=1S/C10H20F3N/c1-5-14-9(4,10(11,12)13)7-6-8(2)3/h8,14H,5-7H2,1-4H3. The third kappa shape index (κ3) is 3.86. The highest BCUT2D eigenvalue weighted by atomic mass is 19.4. The van der Waals surface area contributed by atoms with Crippen molar-refractivity contribution in [3.8, 4) is 0 Å². The summed E-state index contributed by atoms with van der Waals surface area (Å²) in [6.45, 7) is 7.14. The Balaban J connectivity index is 4.40. The minimum Gasteiger partial charge on any atom is -0.304 e. The molecule has 0 fully saturated rings. The molecule has 0 aliphatic heterocycles. The predicted octanol–water partition coefficient (Wildman–Crippen LogP) is 3.35. The van der Waals surface area contributed by atoms with Gasteiger partial charge in [0.1, 0.15) is 5.54 Å². The summed E-state index contributed by atoms with van der Waals surface area (Å²) >= 11 is 0. The largest absolute Gasteiger partial charge is 0.406 e. The fourth-order valence-corrected chi connectivity index (χ4v) is 1.30. The Morgan fingerprint density at radius 2 is 1.71 bits per heavy atom. The minimum absolute atomic E-state index is 0.141. The van der Waals surface area contributed by atoms with Crippen LogP contribution in [0, 0.1) is 5.92 Å². The van der Waals surface area contributed by atoms with Crippen molar-refractivity contribution in [3.05, 3.63) is 0 Å². The molecular formula is C10H20F3N. The van der Waals surface area contributed by atoms with E-state index in [-0.39, 0.29) is 6.42 Å². The Hall–Kier alpha value is -0.250. The van der Waals surface area contributed by atoms with Crippen LogP contribution in [-0.4, -0.2) is 18.3 Å². The zero-order valence-electron chi connectivity index (χ0n) is 9.33. The van der Waals surface area contributed by atoms with Crippen molar-refractivity contribution in [2.75, 3.05) is 6.54 Å². The first-order valence-electron chi connectivity index (χ1n) is 5.04. The first-order valence-corrected chi connectivity index (χ1v) is 5.04. The summed E-state index contributed by atoms with van der Waals surface area (Å²) in [6, 6.07) is 0. The molecule has 86 valence electrons. The van der Waals surface area contributed by atoms with Gasteiger partial charge in [-0.05, 0) is 32.2 Å². The Labute approximate surface area is 84.1 Å². The number of alkyl halides is 3. The Morgan fingerprint density at radius 3 is 2.00 bits per heavy atom. The van der Waals surface area contributed by atoms with Crippen LogP contribution in [0.15, 0.2) is 0 Å². The van der Waals surface area contributed by atoms with E-state index in [0.717, 1.165) is 0 Å². The second kappa shape index (κ2) is 5.01. The molecule has 0 heterocycles. The summed E-state index contributed by atoms with van der Waals surface area (Å²) < 4.78 is 38.0. The number of nitrogens with one attached hydrogen (secondary N) is 1. The second-order valence-corrected chi connectivity index (χ2v) is 4.29. The smallest absolute Gasteiger partial charge is 0.304 e. The second-order valence-electron chi connectivity index (χ2n) is 4.29. The normalized spacial score (nSPS) is 17.1. The average Bonchev–Trinajstić information content (AvgIpc) is 1.99. The van der Waals surface area contributed by atoms with Crippen molar-refractivity contribution < 1.29 is 13.2 Å². The summed E-state index contributed by atoms with van der Waals surface area (Å²) in [5.41, 5.74) is -1.73. The molecule has 0 aromatic rings. The van der Waals surface area contributed by atoms with E-state index in [0.29, 0.717) is 18.9 Å². The van der Waals surface area contributed by atoms with E-state index in [1.807, 2.05) is 13.8 Å². The van der Waals surface area contributed by atoms with Gasteiger partial charge in [-0.15, -0.1) is 0 Å². The summed E-state index contributed by atoms with van der Waals surface area (Å²) in [6.07, 6.45) is -3.44. The molecule has 14 heavy (non-hydrogen) atoms. The van der Waals surface area contributed by atoms with Crippen molar-refractivity contribution >= 4 is 0 Å². The van der Waals surface area contributed by atoms with Gasteiger partial charge in [0, 0.05) is 0 Å². The maximum atomic E-state index is 12.7. The highest BCUT2D eigenvalue weighted by Gasteiger charge is 2.49. The third-order valence-electron chi connectivity index (χ3n) is 2.41. The molecule has 1 nitrogen and oxygen atoms in total. The lowest BCUT2D eigenvalue weighted by Gasteiger charge is -2.33. The molecule has 4 heteroatoms. The van der Waals surface area contributed by atoms with Gasteiger partial charge in [-0.25, -0.2) is 0 Å². The van der Waals surface area contributed by atoms with Crippen LogP contribution in [0.4, 0.5) is 13.2 Å². The van der Waals surface area contributed by atoms with Gasteiger partial charge >= 0.3 is 6.18 Å². The molecule has 1 atom stereocenters. The zero-order chi connectivity index (χ0) is 11.4. The maximum absolute atomic E-state index is 12.7. The fraction of sp³-hybridized carbons (Fsp3) is 1.00. The predicted molar refractivity (Wildman–Crippen MR) is 52.2 cm³/mol. The lowest BCUT2D eigenvalue weighted by atomic mass is 9.91. The molecule has 1 N–H and O–H groups in total. The van der Waals surface area contributed by atoms with E-state index >= 15 is 0 Å². The SMILES string of the molecule is CCNC(C)(CCC(C)C)C(F)(F)F. The van der Waals surface area contributed by atoms with Crippen LogP contribution in [0.25, 0.3) is 0 Å². The van der Waals surface area contributed by atoms with Gasteiger partial charge < -0.3 is 5.32 Å². The number of hydrogen-bond acceptors (Lipinski definition) is 1. The molecule has 0 bridgehead atoms. The van der Waals surface area contributed by atoms with Crippen LogP contribution >= 0.6 is 0 Å². The number of halogens is 3. The summed E-state index contributed by atoms with van der Waals surface area (Å²) in [5, 5.41) is 2.53. The van der Waals surface area contributed by atoms with Crippen LogP contribution in [0.3, 0.4) is 0 Å². The summed E-state index contributed by atoms with van der Waals surface area (Å²) in [5.74, 6) is 0.301. The zero-order valence-corrected chi connectivity index (χ0v) is 9.33. The molecule has 0 spiro atoms. The molecule has 0 radical (unpaired) electrons. The highest BCUT2D eigenvalue weighted by Crippen LogP contribution is 2.34. The first-order chi connectivity index (χ1) is 6.23. The molecule has 0 rings (SSSR count). The van der Waals surface area contributed by atoms with Crippen molar-refractivity contribution in [3.63, 3.8) is 0 Å². The van der Waals surface area contributed by atoms with E-state index in [2.05, 4.69) is 5.32 Å². The van der Waals surface area contributed by atoms with Gasteiger partial charge in [-0.2, -0.15) is 13.2 Å². The molecule has 0 aliphatic rings. The van der Waals surface area contributed by atoms with Gasteiger partial charge in [0.25, 0.3) is 0 Å². The molecular weight excluding hydrogens is 191 g/mol. The lowest BCUT2D eigenvalue weighted by Crippen LogP contribution is -2.54. The van der Waals surface area contributed by atoms with Gasteiger partial charge in [-0.1, -0.05) is 20.8 Å². The minimum atomic E-state index is -4.17. The van der Waals surface area contributed by atoms with E-state index in [4.69, 9.17) is 0 Å². The summed E-state index contributed by atoms with van der Waals surface area (Å²) in [7, 11) is 0. The van der Waals surface area contributed by atoms with E-state index in [1.165, 1.54) is 6.92 Å². The Morgan fingerprint density at radius 1 is 1.21 bits per heavy atom. The van der Waals surface area contributed by atoms with Gasteiger partial charge in [0.15, 0.2) is 0 Å². The quantitative estimate of drug-likeness (QED) is 0.735. The summed E-state index contributed by atoms with van der Waals surface area (Å²) in [4.78, 5) is 0. The van der Waals surface area contributed by atoms with Crippen molar-refractivity contribution in [1.29, 1.82) is 0 Å². The van der Waals surface area contributed by atoms with E-state index in [9.17, 15) is 13.2 Å². The lowest BCUT2D eigenvalue weighted by molar-refractivity contribution is -0.193. The van der Waals surface area contributed by atoms with Gasteiger partial charge in [-0.3, -0.25) is 0 Å². The number of hydrogen-bond donors (Lipinski definition) is 1. The van der Waals surface area contributed by atoms with Crippen LogP contribution in [0.1, 0.15) is 40.5 Å². The first kappa shape index (κ1) is 13.8. The molecule has 0 amide bonds. The molecule has 0 aromatic carbocycles. The van der Waals surface area contributed by atoms with Crippen LogP contribution < -0.4 is 5.32 Å². The van der Waals surface area contributed by atoms with E-state index < -0.39 is 11.7 Å². The Kier molecular flexibility index (Phi) is 4.92. The maximum Gasteiger partial charge on any atom is 0.406 e. The molecule has 0 aromatic heterocycles. The van der Waals surface area contributed by atoms with Crippen LogP contribution in [-0.2, 0) is 0 Å². The monoisotopic (exact) mass is 211 g/mol. The molecule has 0 saturated heterocycles. The van der Waals surface area contributed by atoms with Crippen molar-refractivity contribution in [1.82, 2.24) is 5.32 Å².